The highest BCUT2D eigenvalue weighted by Crippen LogP contribution is 2.38. The van der Waals surface area contributed by atoms with Crippen molar-refractivity contribution in [2.45, 2.75) is 20.1 Å². The van der Waals surface area contributed by atoms with Crippen molar-refractivity contribution < 1.29 is 9.47 Å². The number of hydrogen-bond acceptors (Lipinski definition) is 3. The number of benzene rings is 2. The number of nitrogens with one attached hydrogen (secondary N) is 1. The molecule has 0 saturated carbocycles. The van der Waals surface area contributed by atoms with E-state index in [1.807, 2.05) is 32.2 Å². The minimum absolute atomic E-state index is 0.266. The molecule has 1 N–H and O–H groups in total. The van der Waals surface area contributed by atoms with Crippen molar-refractivity contribution in [2.75, 3.05) is 13.7 Å². The molecule has 0 aliphatic rings. The SMILES string of the molecule is CCOc1cc(CNC)cc(Br)c1OCc1c(Cl)cccc1Cl. The molecule has 3 nitrogen and oxygen atoms in total. The quantitative estimate of drug-likeness (QED) is 0.648. The first-order chi connectivity index (χ1) is 11.1. The molecule has 2 rings (SSSR count). The Hall–Kier alpha value is -0.940. The van der Waals surface area contributed by atoms with Gasteiger partial charge < -0.3 is 14.8 Å². The molecular weight excluding hydrogens is 401 g/mol. The van der Waals surface area contributed by atoms with Crippen LogP contribution in [-0.4, -0.2) is 13.7 Å². The molecule has 0 saturated heterocycles. The van der Waals surface area contributed by atoms with Gasteiger partial charge in [0.1, 0.15) is 6.61 Å². The Bertz CT molecular complexity index is 660. The average molecular weight is 419 g/mol. The Morgan fingerprint density at radius 3 is 2.43 bits per heavy atom. The third-order valence-corrected chi connectivity index (χ3v) is 4.47. The lowest BCUT2D eigenvalue weighted by molar-refractivity contribution is 0.267. The fourth-order valence-electron chi connectivity index (χ4n) is 2.15. The number of hydrogen-bond donors (Lipinski definition) is 1. The summed E-state index contributed by atoms with van der Waals surface area (Å²) in [6, 6.07) is 9.36. The molecule has 0 radical (unpaired) electrons. The van der Waals surface area contributed by atoms with Crippen LogP contribution < -0.4 is 14.8 Å². The first-order valence-electron chi connectivity index (χ1n) is 7.22. The normalized spacial score (nSPS) is 10.7. The molecule has 0 fully saturated rings. The first kappa shape index (κ1) is 18.4. The zero-order chi connectivity index (χ0) is 16.8. The largest absolute Gasteiger partial charge is 0.490 e. The zero-order valence-corrected chi connectivity index (χ0v) is 16.1. The van der Waals surface area contributed by atoms with Gasteiger partial charge in [-0.2, -0.15) is 0 Å². The van der Waals surface area contributed by atoms with Gasteiger partial charge in [-0.25, -0.2) is 0 Å². The fourth-order valence-corrected chi connectivity index (χ4v) is 3.26. The summed E-state index contributed by atoms with van der Waals surface area (Å²) in [5.74, 6) is 1.33. The molecule has 0 aromatic heterocycles. The molecule has 2 aromatic carbocycles. The van der Waals surface area contributed by atoms with E-state index in [2.05, 4.69) is 21.2 Å². The van der Waals surface area contributed by atoms with Crippen molar-refractivity contribution in [3.8, 4) is 11.5 Å². The Kier molecular flexibility index (Phi) is 7.03. The van der Waals surface area contributed by atoms with Gasteiger partial charge in [0.2, 0.25) is 0 Å². The van der Waals surface area contributed by atoms with Crippen molar-refractivity contribution >= 4 is 39.1 Å². The highest BCUT2D eigenvalue weighted by molar-refractivity contribution is 9.10. The molecule has 0 aliphatic heterocycles. The third kappa shape index (κ3) is 4.77. The van der Waals surface area contributed by atoms with Crippen LogP contribution in [0.3, 0.4) is 0 Å². The lowest BCUT2D eigenvalue weighted by atomic mass is 10.2. The molecule has 0 atom stereocenters. The molecule has 0 heterocycles. The molecule has 6 heteroatoms. The van der Waals surface area contributed by atoms with E-state index in [1.54, 1.807) is 12.1 Å². The summed E-state index contributed by atoms with van der Waals surface area (Å²) in [7, 11) is 1.90. The van der Waals surface area contributed by atoms with Gasteiger partial charge >= 0.3 is 0 Å². The second kappa shape index (κ2) is 8.78. The highest BCUT2D eigenvalue weighted by Gasteiger charge is 2.14. The molecule has 0 spiro atoms. The fraction of sp³-hybridized carbons (Fsp3) is 0.294. The topological polar surface area (TPSA) is 30.5 Å². The summed E-state index contributed by atoms with van der Waals surface area (Å²) >= 11 is 15.9. The predicted octanol–water partition coefficient (Wildman–Crippen LogP) is 5.45. The molecule has 0 unspecified atom stereocenters. The van der Waals surface area contributed by atoms with E-state index < -0.39 is 0 Å². The van der Waals surface area contributed by atoms with Crippen LogP contribution in [0.5, 0.6) is 11.5 Å². The van der Waals surface area contributed by atoms with Gasteiger partial charge in [0.15, 0.2) is 11.5 Å². The lowest BCUT2D eigenvalue weighted by Crippen LogP contribution is -2.07. The van der Waals surface area contributed by atoms with Crippen molar-refractivity contribution in [1.82, 2.24) is 5.32 Å². The van der Waals surface area contributed by atoms with Crippen LogP contribution >= 0.6 is 39.1 Å². The minimum atomic E-state index is 0.266. The van der Waals surface area contributed by atoms with Crippen LogP contribution in [0.15, 0.2) is 34.8 Å². The summed E-state index contributed by atoms with van der Waals surface area (Å²) < 4.78 is 12.5. The van der Waals surface area contributed by atoms with Gasteiger partial charge in [0.25, 0.3) is 0 Å². The molecule has 23 heavy (non-hydrogen) atoms. The number of halogens is 3. The maximum absolute atomic E-state index is 6.19. The van der Waals surface area contributed by atoms with E-state index in [4.69, 9.17) is 32.7 Å². The van der Waals surface area contributed by atoms with Crippen LogP contribution in [0, 0.1) is 0 Å². The molecule has 2 aromatic rings. The van der Waals surface area contributed by atoms with E-state index >= 15 is 0 Å². The maximum Gasteiger partial charge on any atom is 0.175 e. The van der Waals surface area contributed by atoms with Gasteiger partial charge in [-0.3, -0.25) is 0 Å². The highest BCUT2D eigenvalue weighted by atomic mass is 79.9. The number of rotatable bonds is 7. The van der Waals surface area contributed by atoms with Crippen LogP contribution in [0.25, 0.3) is 0 Å². The van der Waals surface area contributed by atoms with Crippen molar-refractivity contribution in [3.05, 3.63) is 56.0 Å². The van der Waals surface area contributed by atoms with Gasteiger partial charge in [0.05, 0.1) is 11.1 Å². The average Bonchev–Trinajstić information content (AvgIpc) is 2.49. The Balaban J connectivity index is 2.28. The summed E-state index contributed by atoms with van der Waals surface area (Å²) in [5, 5.41) is 4.28. The van der Waals surface area contributed by atoms with Crippen molar-refractivity contribution in [2.24, 2.45) is 0 Å². The molecular formula is C17H18BrCl2NO2. The standard InChI is InChI=1S/C17H18BrCl2NO2/c1-3-22-16-8-11(9-21-2)7-13(18)17(16)23-10-12-14(19)5-4-6-15(12)20/h4-8,21H,3,9-10H2,1-2H3. The third-order valence-electron chi connectivity index (χ3n) is 3.17. The van der Waals surface area contributed by atoms with Gasteiger partial charge in [-0.15, -0.1) is 0 Å². The lowest BCUT2D eigenvalue weighted by Gasteiger charge is -2.16. The maximum atomic E-state index is 6.19. The summed E-state index contributed by atoms with van der Waals surface area (Å²) in [5.41, 5.74) is 1.86. The van der Waals surface area contributed by atoms with Crippen LogP contribution in [0.2, 0.25) is 10.0 Å². The molecule has 0 amide bonds. The van der Waals surface area contributed by atoms with Crippen molar-refractivity contribution in [3.63, 3.8) is 0 Å². The van der Waals surface area contributed by atoms with Crippen LogP contribution in [0.1, 0.15) is 18.1 Å². The predicted molar refractivity (Wildman–Crippen MR) is 98.9 cm³/mol. The Labute approximate surface area is 155 Å². The van der Waals surface area contributed by atoms with E-state index in [-0.39, 0.29) is 6.61 Å². The summed E-state index contributed by atoms with van der Waals surface area (Å²) in [4.78, 5) is 0. The molecule has 124 valence electrons. The second-order valence-electron chi connectivity index (χ2n) is 4.86. The van der Waals surface area contributed by atoms with Crippen molar-refractivity contribution in [1.29, 1.82) is 0 Å². The Morgan fingerprint density at radius 2 is 1.83 bits per heavy atom. The first-order valence-corrected chi connectivity index (χ1v) is 8.77. The van der Waals surface area contributed by atoms with E-state index in [0.29, 0.717) is 28.2 Å². The monoisotopic (exact) mass is 417 g/mol. The van der Waals surface area contributed by atoms with E-state index in [9.17, 15) is 0 Å². The van der Waals surface area contributed by atoms with E-state index in [0.717, 1.165) is 22.1 Å². The van der Waals surface area contributed by atoms with Gasteiger partial charge in [-0.1, -0.05) is 29.3 Å². The molecule has 0 bridgehead atoms. The summed E-state index contributed by atoms with van der Waals surface area (Å²) in [6.45, 7) is 3.50. The minimum Gasteiger partial charge on any atom is -0.490 e. The zero-order valence-electron chi connectivity index (χ0n) is 13.0. The van der Waals surface area contributed by atoms with Crippen LogP contribution in [-0.2, 0) is 13.2 Å². The van der Waals surface area contributed by atoms with Gasteiger partial charge in [-0.05, 0) is 59.7 Å². The van der Waals surface area contributed by atoms with E-state index in [1.165, 1.54) is 0 Å². The number of ether oxygens (including phenoxy) is 2. The summed E-state index contributed by atoms with van der Waals surface area (Å²) in [6.07, 6.45) is 0. The Morgan fingerprint density at radius 1 is 1.13 bits per heavy atom. The second-order valence-corrected chi connectivity index (χ2v) is 6.53. The van der Waals surface area contributed by atoms with Crippen LogP contribution in [0.4, 0.5) is 0 Å². The molecule has 0 aliphatic carbocycles. The van der Waals surface area contributed by atoms with Gasteiger partial charge in [0, 0.05) is 22.2 Å². The smallest absolute Gasteiger partial charge is 0.175 e.